The van der Waals surface area contributed by atoms with Crippen molar-refractivity contribution in [1.82, 2.24) is 9.78 Å². The summed E-state index contributed by atoms with van der Waals surface area (Å²) in [6, 6.07) is 10.1. The van der Waals surface area contributed by atoms with Crippen molar-refractivity contribution in [2.24, 2.45) is 12.0 Å². The normalized spacial score (nSPS) is 11.6. The Balaban J connectivity index is 2.03. The van der Waals surface area contributed by atoms with Crippen LogP contribution in [0.1, 0.15) is 11.3 Å². The number of hydrogen-bond acceptors (Lipinski definition) is 2. The number of aliphatic imine (C=N–C) groups is 1. The van der Waals surface area contributed by atoms with Crippen molar-refractivity contribution in [1.29, 1.82) is 0 Å². The van der Waals surface area contributed by atoms with E-state index in [-0.39, 0.29) is 0 Å². The van der Waals surface area contributed by atoms with E-state index in [9.17, 15) is 0 Å². The first-order valence-corrected chi connectivity index (χ1v) is 5.52. The quantitative estimate of drug-likeness (QED) is 0.738. The summed E-state index contributed by atoms with van der Waals surface area (Å²) in [6.07, 6.45) is 7.51. The van der Waals surface area contributed by atoms with E-state index in [1.165, 1.54) is 5.56 Å². The third kappa shape index (κ3) is 2.91. The van der Waals surface area contributed by atoms with E-state index in [1.807, 2.05) is 49.0 Å². The highest BCUT2D eigenvalue weighted by molar-refractivity contribution is 5.80. The van der Waals surface area contributed by atoms with Gasteiger partial charge in [-0.1, -0.05) is 36.4 Å². The zero-order chi connectivity index (χ0) is 12.1. The molecule has 86 valence electrons. The lowest BCUT2D eigenvalue weighted by Crippen LogP contribution is -1.91. The molecule has 0 N–H and O–H groups in total. The van der Waals surface area contributed by atoms with Crippen molar-refractivity contribution in [3.05, 3.63) is 53.9 Å². The van der Waals surface area contributed by atoms with Crippen molar-refractivity contribution in [3.8, 4) is 0 Å². The Morgan fingerprint density at radius 3 is 2.65 bits per heavy atom. The van der Waals surface area contributed by atoms with Crippen molar-refractivity contribution >= 4 is 18.0 Å². The molecule has 1 aromatic carbocycles. The SMILES string of the molecule is Cc1c(N=C/C=C/c2ccccc2)cnn1C. The highest BCUT2D eigenvalue weighted by Crippen LogP contribution is 2.15. The number of nitrogens with zero attached hydrogens (tertiary/aromatic N) is 3. The molecule has 0 atom stereocenters. The van der Waals surface area contributed by atoms with Gasteiger partial charge in [-0.05, 0) is 18.6 Å². The molecule has 0 unspecified atom stereocenters. The molecular weight excluding hydrogens is 210 g/mol. The summed E-state index contributed by atoms with van der Waals surface area (Å²) >= 11 is 0. The summed E-state index contributed by atoms with van der Waals surface area (Å²) < 4.78 is 1.81. The van der Waals surface area contributed by atoms with E-state index in [0.717, 1.165) is 11.4 Å². The molecule has 1 aromatic heterocycles. The average molecular weight is 225 g/mol. The molecule has 3 heteroatoms. The van der Waals surface area contributed by atoms with Gasteiger partial charge in [0, 0.05) is 13.3 Å². The second kappa shape index (κ2) is 5.25. The van der Waals surface area contributed by atoms with E-state index in [2.05, 4.69) is 22.2 Å². The summed E-state index contributed by atoms with van der Waals surface area (Å²) in [5.74, 6) is 0. The van der Waals surface area contributed by atoms with Crippen LogP contribution in [0.5, 0.6) is 0 Å². The van der Waals surface area contributed by atoms with E-state index in [4.69, 9.17) is 0 Å². The summed E-state index contributed by atoms with van der Waals surface area (Å²) in [7, 11) is 1.91. The number of benzene rings is 1. The van der Waals surface area contributed by atoms with Gasteiger partial charge in [0.1, 0.15) is 5.69 Å². The maximum Gasteiger partial charge on any atom is 0.104 e. The highest BCUT2D eigenvalue weighted by atomic mass is 15.3. The molecule has 0 fully saturated rings. The van der Waals surface area contributed by atoms with Gasteiger partial charge in [-0.25, -0.2) is 0 Å². The Labute approximate surface area is 101 Å². The Morgan fingerprint density at radius 1 is 1.24 bits per heavy atom. The monoisotopic (exact) mass is 225 g/mol. The van der Waals surface area contributed by atoms with Crippen LogP contribution in [0.2, 0.25) is 0 Å². The summed E-state index contributed by atoms with van der Waals surface area (Å²) in [4.78, 5) is 4.35. The van der Waals surface area contributed by atoms with Crippen LogP contribution in [0.15, 0.2) is 47.6 Å². The molecule has 0 aliphatic rings. The summed E-state index contributed by atoms with van der Waals surface area (Å²) in [6.45, 7) is 2.00. The third-order valence-corrected chi connectivity index (χ3v) is 2.60. The van der Waals surface area contributed by atoms with Gasteiger partial charge in [-0.15, -0.1) is 0 Å². The Bertz CT molecular complexity index is 536. The van der Waals surface area contributed by atoms with Gasteiger partial charge in [0.2, 0.25) is 0 Å². The van der Waals surface area contributed by atoms with E-state index in [0.29, 0.717) is 0 Å². The molecule has 0 saturated carbocycles. The second-order valence-electron chi connectivity index (χ2n) is 3.79. The molecule has 0 radical (unpaired) electrons. The maximum atomic E-state index is 4.35. The van der Waals surface area contributed by atoms with Crippen LogP contribution in [-0.4, -0.2) is 16.0 Å². The molecule has 3 nitrogen and oxygen atoms in total. The number of aryl methyl sites for hydroxylation is 1. The minimum absolute atomic E-state index is 0.908. The van der Waals surface area contributed by atoms with Crippen LogP contribution in [0.3, 0.4) is 0 Å². The van der Waals surface area contributed by atoms with Crippen molar-refractivity contribution in [2.75, 3.05) is 0 Å². The Hall–Kier alpha value is -2.16. The van der Waals surface area contributed by atoms with E-state index < -0.39 is 0 Å². The van der Waals surface area contributed by atoms with Crippen molar-refractivity contribution in [2.45, 2.75) is 6.92 Å². The fourth-order valence-corrected chi connectivity index (χ4v) is 1.46. The van der Waals surface area contributed by atoms with Gasteiger partial charge in [-0.3, -0.25) is 9.67 Å². The van der Waals surface area contributed by atoms with Gasteiger partial charge in [0.15, 0.2) is 0 Å². The first kappa shape index (κ1) is 11.3. The molecule has 17 heavy (non-hydrogen) atoms. The van der Waals surface area contributed by atoms with Crippen LogP contribution in [0, 0.1) is 6.92 Å². The van der Waals surface area contributed by atoms with E-state index >= 15 is 0 Å². The molecule has 0 aliphatic carbocycles. The Kier molecular flexibility index (Phi) is 3.50. The average Bonchev–Trinajstić information content (AvgIpc) is 2.67. The topological polar surface area (TPSA) is 30.2 Å². The lowest BCUT2D eigenvalue weighted by molar-refractivity contribution is 0.740. The molecule has 0 aliphatic heterocycles. The zero-order valence-electron chi connectivity index (χ0n) is 10.0. The highest BCUT2D eigenvalue weighted by Gasteiger charge is 1.98. The van der Waals surface area contributed by atoms with Crippen LogP contribution in [0.4, 0.5) is 5.69 Å². The summed E-state index contributed by atoms with van der Waals surface area (Å²) in [5.41, 5.74) is 3.14. The van der Waals surface area contributed by atoms with Crippen LogP contribution in [-0.2, 0) is 7.05 Å². The number of hydrogen-bond donors (Lipinski definition) is 0. The number of aromatic nitrogens is 2. The molecule has 0 spiro atoms. The summed E-state index contributed by atoms with van der Waals surface area (Å²) in [5, 5.41) is 4.13. The lowest BCUT2D eigenvalue weighted by atomic mass is 10.2. The Morgan fingerprint density at radius 2 is 2.00 bits per heavy atom. The van der Waals surface area contributed by atoms with Crippen molar-refractivity contribution < 1.29 is 0 Å². The van der Waals surface area contributed by atoms with Gasteiger partial charge >= 0.3 is 0 Å². The third-order valence-electron chi connectivity index (χ3n) is 2.60. The number of rotatable bonds is 3. The minimum atomic E-state index is 0.908. The minimum Gasteiger partial charge on any atom is -0.271 e. The van der Waals surface area contributed by atoms with Crippen LogP contribution < -0.4 is 0 Å². The molecule has 0 bridgehead atoms. The molecule has 2 aromatic rings. The van der Waals surface area contributed by atoms with E-state index in [1.54, 1.807) is 12.4 Å². The molecule has 0 saturated heterocycles. The number of allylic oxidation sites excluding steroid dienone is 1. The molecular formula is C14H15N3. The largest absolute Gasteiger partial charge is 0.271 e. The maximum absolute atomic E-state index is 4.35. The fourth-order valence-electron chi connectivity index (χ4n) is 1.46. The van der Waals surface area contributed by atoms with Crippen molar-refractivity contribution in [3.63, 3.8) is 0 Å². The van der Waals surface area contributed by atoms with Crippen LogP contribution >= 0.6 is 0 Å². The first-order chi connectivity index (χ1) is 8.27. The van der Waals surface area contributed by atoms with Gasteiger partial charge in [0.05, 0.1) is 11.9 Å². The van der Waals surface area contributed by atoms with Gasteiger partial charge < -0.3 is 0 Å². The molecule has 0 amide bonds. The predicted molar refractivity (Wildman–Crippen MR) is 71.6 cm³/mol. The van der Waals surface area contributed by atoms with Gasteiger partial charge in [-0.2, -0.15) is 5.10 Å². The molecule has 1 heterocycles. The smallest absolute Gasteiger partial charge is 0.104 e. The molecule has 2 rings (SSSR count). The van der Waals surface area contributed by atoms with Gasteiger partial charge in [0.25, 0.3) is 0 Å². The second-order valence-corrected chi connectivity index (χ2v) is 3.79. The first-order valence-electron chi connectivity index (χ1n) is 5.52. The zero-order valence-corrected chi connectivity index (χ0v) is 10.0. The fraction of sp³-hybridized carbons (Fsp3) is 0.143. The van der Waals surface area contributed by atoms with Crippen LogP contribution in [0.25, 0.3) is 6.08 Å². The lowest BCUT2D eigenvalue weighted by Gasteiger charge is -1.92. The standard InChI is InChI=1S/C14H15N3/c1-12-14(11-16-17(12)2)15-10-6-9-13-7-4-3-5-8-13/h3-11H,1-2H3/b9-6+,15-10?. The predicted octanol–water partition coefficient (Wildman–Crippen LogP) is 3.14.